The Morgan fingerprint density at radius 3 is 2.86 bits per heavy atom. The first-order chi connectivity index (χ1) is 3.39. The average Bonchev–Trinajstić information content (AvgIpc) is 1.69. The number of aromatic nitrogens is 3. The van der Waals surface area contributed by atoms with Crippen LogP contribution < -0.4 is 5.73 Å². The summed E-state index contributed by atoms with van der Waals surface area (Å²) in [5, 5.41) is 0. The van der Waals surface area contributed by atoms with Crippen LogP contribution in [0.15, 0.2) is 6.33 Å². The van der Waals surface area contributed by atoms with Crippen molar-refractivity contribution in [1.82, 2.24) is 15.0 Å². The van der Waals surface area contributed by atoms with Crippen molar-refractivity contribution in [3.63, 3.8) is 0 Å². The SMILES string of the molecule is Nc1n[c]ncn1. The quantitative estimate of drug-likeness (QED) is 0.460. The Morgan fingerprint density at radius 1 is 1.71 bits per heavy atom. The number of nitrogens with zero attached hydrogens (tertiary/aromatic N) is 3. The van der Waals surface area contributed by atoms with E-state index in [4.69, 9.17) is 5.73 Å². The van der Waals surface area contributed by atoms with Crippen molar-refractivity contribution in [3.8, 4) is 0 Å². The lowest BCUT2D eigenvalue weighted by atomic mass is 11.0. The summed E-state index contributed by atoms with van der Waals surface area (Å²) in [5.74, 6) is 0.204. The number of nitrogen functional groups attached to an aromatic ring is 1. The van der Waals surface area contributed by atoms with Gasteiger partial charge >= 0.3 is 0 Å². The van der Waals surface area contributed by atoms with Gasteiger partial charge in [-0.25, -0.2) is 9.97 Å². The van der Waals surface area contributed by atoms with Crippen LogP contribution in [0.3, 0.4) is 0 Å². The van der Waals surface area contributed by atoms with Gasteiger partial charge in [-0.3, -0.25) is 0 Å². The van der Waals surface area contributed by atoms with E-state index in [1.807, 2.05) is 0 Å². The zero-order chi connectivity index (χ0) is 5.11. The molecule has 1 aromatic rings. The first-order valence-corrected chi connectivity index (χ1v) is 1.70. The summed E-state index contributed by atoms with van der Waals surface area (Å²) in [4.78, 5) is 10.3. The third kappa shape index (κ3) is 0.819. The van der Waals surface area contributed by atoms with Crippen LogP contribution in [0.2, 0.25) is 0 Å². The Hall–Kier alpha value is -1.19. The first kappa shape index (κ1) is 3.98. The molecule has 0 saturated carbocycles. The van der Waals surface area contributed by atoms with Crippen molar-refractivity contribution in [3.05, 3.63) is 12.7 Å². The lowest BCUT2D eigenvalue weighted by Crippen LogP contribution is -1.92. The lowest BCUT2D eigenvalue weighted by molar-refractivity contribution is 1.05. The van der Waals surface area contributed by atoms with Gasteiger partial charge in [0.2, 0.25) is 12.3 Å². The molecule has 1 radical (unpaired) electrons. The topological polar surface area (TPSA) is 64.7 Å². The van der Waals surface area contributed by atoms with E-state index < -0.39 is 0 Å². The molecule has 0 aliphatic rings. The van der Waals surface area contributed by atoms with E-state index >= 15 is 0 Å². The summed E-state index contributed by atoms with van der Waals surface area (Å²) in [5.41, 5.74) is 5.06. The van der Waals surface area contributed by atoms with Gasteiger partial charge in [0.1, 0.15) is 6.33 Å². The van der Waals surface area contributed by atoms with Crippen LogP contribution in [0.5, 0.6) is 0 Å². The first-order valence-electron chi connectivity index (χ1n) is 1.70. The molecule has 4 heteroatoms. The van der Waals surface area contributed by atoms with Gasteiger partial charge in [0.05, 0.1) is 0 Å². The predicted molar refractivity (Wildman–Crippen MR) is 23.1 cm³/mol. The molecular weight excluding hydrogens is 92.1 g/mol. The van der Waals surface area contributed by atoms with Gasteiger partial charge < -0.3 is 5.73 Å². The molecule has 0 unspecified atom stereocenters. The monoisotopic (exact) mass is 95.0 g/mol. The maximum Gasteiger partial charge on any atom is 0.223 e. The van der Waals surface area contributed by atoms with Crippen LogP contribution in [-0.2, 0) is 0 Å². The standard InChI is InChI=1S/C3H3N4/c4-3-6-1-5-2-7-3/h1H,(H2,4,5,6,7). The zero-order valence-corrected chi connectivity index (χ0v) is 3.50. The number of hydrogen-bond donors (Lipinski definition) is 1. The predicted octanol–water partition coefficient (Wildman–Crippen LogP) is -0.746. The number of nitrogens with two attached hydrogens (primary N) is 1. The number of anilines is 1. The molecule has 0 aromatic carbocycles. The van der Waals surface area contributed by atoms with E-state index in [2.05, 4.69) is 21.3 Å². The lowest BCUT2D eigenvalue weighted by Gasteiger charge is -1.80. The largest absolute Gasteiger partial charge is 0.368 e. The zero-order valence-electron chi connectivity index (χ0n) is 3.50. The van der Waals surface area contributed by atoms with Crippen molar-refractivity contribution in [2.75, 3.05) is 5.73 Å². The molecule has 1 rings (SSSR count). The Bertz CT molecular complexity index is 137. The van der Waals surface area contributed by atoms with Crippen molar-refractivity contribution in [2.45, 2.75) is 0 Å². The van der Waals surface area contributed by atoms with Crippen LogP contribution >= 0.6 is 0 Å². The Balaban J connectivity index is 3.02. The second-order valence-electron chi connectivity index (χ2n) is 0.944. The Labute approximate surface area is 40.4 Å². The second kappa shape index (κ2) is 1.51. The molecule has 7 heavy (non-hydrogen) atoms. The molecule has 35 valence electrons. The molecule has 0 fully saturated rings. The molecule has 0 aliphatic heterocycles. The molecule has 0 saturated heterocycles. The summed E-state index contributed by atoms with van der Waals surface area (Å²) in [6.07, 6.45) is 3.57. The second-order valence-corrected chi connectivity index (χ2v) is 0.944. The Kier molecular flexibility index (Phi) is 0.856. The fraction of sp³-hybridized carbons (Fsp3) is 0. The molecule has 4 nitrogen and oxygen atoms in total. The fourth-order valence-corrected chi connectivity index (χ4v) is 0.223. The summed E-state index contributed by atoms with van der Waals surface area (Å²) < 4.78 is 0. The molecular formula is C3H3N4. The van der Waals surface area contributed by atoms with Gasteiger partial charge in [-0.2, -0.15) is 4.98 Å². The van der Waals surface area contributed by atoms with E-state index in [0.717, 1.165) is 0 Å². The van der Waals surface area contributed by atoms with Crippen LogP contribution in [0.25, 0.3) is 0 Å². The van der Waals surface area contributed by atoms with Crippen LogP contribution in [-0.4, -0.2) is 15.0 Å². The number of hydrogen-bond acceptors (Lipinski definition) is 4. The molecule has 0 bridgehead atoms. The van der Waals surface area contributed by atoms with E-state index in [1.165, 1.54) is 6.33 Å². The van der Waals surface area contributed by atoms with Gasteiger partial charge in [-0.05, 0) is 0 Å². The van der Waals surface area contributed by atoms with Crippen molar-refractivity contribution in [2.24, 2.45) is 0 Å². The molecule has 1 aromatic heterocycles. The average molecular weight is 95.1 g/mol. The molecule has 1 heterocycles. The van der Waals surface area contributed by atoms with Crippen LogP contribution in [0.4, 0.5) is 5.95 Å². The number of rotatable bonds is 0. The van der Waals surface area contributed by atoms with Crippen molar-refractivity contribution >= 4 is 5.95 Å². The molecule has 2 N–H and O–H groups in total. The molecule has 0 atom stereocenters. The highest BCUT2D eigenvalue weighted by molar-refractivity contribution is 5.08. The highest BCUT2D eigenvalue weighted by Crippen LogP contribution is 1.76. The summed E-state index contributed by atoms with van der Waals surface area (Å²) in [6, 6.07) is 0. The third-order valence-corrected chi connectivity index (χ3v) is 0.470. The van der Waals surface area contributed by atoms with Crippen molar-refractivity contribution < 1.29 is 0 Å². The van der Waals surface area contributed by atoms with Gasteiger partial charge in [0, 0.05) is 0 Å². The third-order valence-electron chi connectivity index (χ3n) is 0.470. The minimum atomic E-state index is 0.204. The smallest absolute Gasteiger partial charge is 0.223 e. The van der Waals surface area contributed by atoms with Gasteiger partial charge in [0.25, 0.3) is 0 Å². The molecule has 0 aliphatic carbocycles. The van der Waals surface area contributed by atoms with E-state index in [0.29, 0.717) is 0 Å². The summed E-state index contributed by atoms with van der Waals surface area (Å²) in [6.45, 7) is 0. The maximum atomic E-state index is 5.06. The minimum absolute atomic E-state index is 0.204. The Morgan fingerprint density at radius 2 is 2.57 bits per heavy atom. The van der Waals surface area contributed by atoms with Gasteiger partial charge in [-0.15, -0.1) is 0 Å². The van der Waals surface area contributed by atoms with E-state index in [-0.39, 0.29) is 5.95 Å². The van der Waals surface area contributed by atoms with Crippen LogP contribution in [0, 0.1) is 6.33 Å². The highest BCUT2D eigenvalue weighted by atomic mass is 15.0. The van der Waals surface area contributed by atoms with Gasteiger partial charge in [-0.1, -0.05) is 0 Å². The summed E-state index contributed by atoms with van der Waals surface area (Å²) in [7, 11) is 0. The van der Waals surface area contributed by atoms with Gasteiger partial charge in [0.15, 0.2) is 0 Å². The van der Waals surface area contributed by atoms with Crippen molar-refractivity contribution in [1.29, 1.82) is 0 Å². The molecule has 0 spiro atoms. The fourth-order valence-electron chi connectivity index (χ4n) is 0.223. The maximum absolute atomic E-state index is 5.06. The van der Waals surface area contributed by atoms with E-state index in [9.17, 15) is 0 Å². The highest BCUT2D eigenvalue weighted by Gasteiger charge is 1.77. The normalized spacial score (nSPS) is 8.57. The minimum Gasteiger partial charge on any atom is -0.368 e. The van der Waals surface area contributed by atoms with E-state index in [1.54, 1.807) is 0 Å². The van der Waals surface area contributed by atoms with Crippen LogP contribution in [0.1, 0.15) is 0 Å². The molecule has 0 amide bonds. The summed E-state index contributed by atoms with van der Waals surface area (Å²) >= 11 is 0.